The number of hydrogen-bond donors (Lipinski definition) is 0. The van der Waals surface area contributed by atoms with Crippen molar-refractivity contribution in [2.45, 2.75) is 51.6 Å². The highest BCUT2D eigenvalue weighted by Crippen LogP contribution is 2.30. The van der Waals surface area contributed by atoms with E-state index in [0.29, 0.717) is 16.2 Å². The second-order valence-electron chi connectivity index (χ2n) is 5.56. The second-order valence-corrected chi connectivity index (χ2v) is 6.35. The summed E-state index contributed by atoms with van der Waals surface area (Å²) < 4.78 is 0. The van der Waals surface area contributed by atoms with Crippen molar-refractivity contribution in [3.63, 3.8) is 0 Å². The summed E-state index contributed by atoms with van der Waals surface area (Å²) in [6.45, 7) is 3.07. The molecule has 0 amide bonds. The fraction of sp³-hybridized carbons (Fsp3) is 0.667. The Morgan fingerprint density at radius 1 is 1.21 bits per heavy atom. The standard InChI is InChI=1S/C15H22Cl2N2/c1-3-11-4-6-12(7-5-11)19(2)10-14-13(16)8-9-15(17)18-14/h8-9,11-12H,3-7,10H2,1-2H3. The summed E-state index contributed by atoms with van der Waals surface area (Å²) >= 11 is 12.1. The maximum Gasteiger partial charge on any atom is 0.129 e. The molecule has 0 saturated heterocycles. The van der Waals surface area contributed by atoms with Crippen LogP contribution in [0, 0.1) is 5.92 Å². The lowest BCUT2D eigenvalue weighted by Crippen LogP contribution is -2.35. The van der Waals surface area contributed by atoms with Gasteiger partial charge in [-0.15, -0.1) is 0 Å². The number of nitrogens with zero attached hydrogens (tertiary/aromatic N) is 2. The third-order valence-corrected chi connectivity index (χ3v) is 4.86. The first-order chi connectivity index (χ1) is 9.10. The third kappa shape index (κ3) is 4.08. The number of pyridine rings is 1. The van der Waals surface area contributed by atoms with Crippen LogP contribution in [0.2, 0.25) is 10.2 Å². The highest BCUT2D eigenvalue weighted by atomic mass is 35.5. The molecule has 0 bridgehead atoms. The van der Waals surface area contributed by atoms with Gasteiger partial charge in [0.05, 0.1) is 10.7 Å². The van der Waals surface area contributed by atoms with Crippen LogP contribution in [0.1, 0.15) is 44.7 Å². The SMILES string of the molecule is CCC1CCC(N(C)Cc2nc(Cl)ccc2Cl)CC1. The first-order valence-corrected chi connectivity index (χ1v) is 7.87. The van der Waals surface area contributed by atoms with Gasteiger partial charge in [0.15, 0.2) is 0 Å². The minimum Gasteiger partial charge on any atom is -0.298 e. The molecule has 106 valence electrons. The summed E-state index contributed by atoms with van der Waals surface area (Å²) in [7, 11) is 2.16. The molecule has 0 radical (unpaired) electrons. The van der Waals surface area contributed by atoms with Gasteiger partial charge in [0.1, 0.15) is 5.15 Å². The lowest BCUT2D eigenvalue weighted by atomic mass is 9.84. The highest BCUT2D eigenvalue weighted by molar-refractivity contribution is 6.32. The average molecular weight is 301 g/mol. The monoisotopic (exact) mass is 300 g/mol. The molecule has 0 unspecified atom stereocenters. The molecule has 1 fully saturated rings. The molecule has 0 spiro atoms. The zero-order valence-corrected chi connectivity index (χ0v) is 13.2. The van der Waals surface area contributed by atoms with Gasteiger partial charge in [0.2, 0.25) is 0 Å². The van der Waals surface area contributed by atoms with E-state index in [0.717, 1.165) is 18.2 Å². The first kappa shape index (κ1) is 15.1. The van der Waals surface area contributed by atoms with Gasteiger partial charge in [-0.2, -0.15) is 0 Å². The van der Waals surface area contributed by atoms with Crippen molar-refractivity contribution in [1.82, 2.24) is 9.88 Å². The molecule has 1 aliphatic rings. The van der Waals surface area contributed by atoms with Gasteiger partial charge in [-0.3, -0.25) is 4.90 Å². The quantitative estimate of drug-likeness (QED) is 0.743. The molecule has 2 nitrogen and oxygen atoms in total. The predicted octanol–water partition coefficient (Wildman–Crippen LogP) is 4.79. The van der Waals surface area contributed by atoms with Gasteiger partial charge < -0.3 is 0 Å². The highest BCUT2D eigenvalue weighted by Gasteiger charge is 2.23. The van der Waals surface area contributed by atoms with Gasteiger partial charge in [-0.25, -0.2) is 4.98 Å². The van der Waals surface area contributed by atoms with Gasteiger partial charge >= 0.3 is 0 Å². The smallest absolute Gasteiger partial charge is 0.129 e. The zero-order chi connectivity index (χ0) is 13.8. The van der Waals surface area contributed by atoms with Gasteiger partial charge in [0, 0.05) is 12.6 Å². The molecule has 1 heterocycles. The Bertz CT molecular complexity index is 415. The second kappa shape index (κ2) is 6.92. The Kier molecular flexibility index (Phi) is 5.49. The van der Waals surface area contributed by atoms with E-state index in [1.807, 2.05) is 6.07 Å². The lowest BCUT2D eigenvalue weighted by molar-refractivity contribution is 0.156. The third-order valence-electron chi connectivity index (χ3n) is 4.30. The van der Waals surface area contributed by atoms with Crippen molar-refractivity contribution in [2.75, 3.05) is 7.05 Å². The van der Waals surface area contributed by atoms with E-state index >= 15 is 0 Å². The Hall–Kier alpha value is -0.310. The van der Waals surface area contributed by atoms with E-state index in [1.165, 1.54) is 32.1 Å². The molecule has 2 rings (SSSR count). The van der Waals surface area contributed by atoms with E-state index in [9.17, 15) is 0 Å². The zero-order valence-electron chi connectivity index (χ0n) is 11.7. The summed E-state index contributed by atoms with van der Waals surface area (Å²) in [6, 6.07) is 4.22. The van der Waals surface area contributed by atoms with E-state index in [1.54, 1.807) is 6.07 Å². The predicted molar refractivity (Wildman–Crippen MR) is 81.8 cm³/mol. The molecule has 1 aliphatic carbocycles. The molecule has 1 aromatic heterocycles. The molecule has 4 heteroatoms. The van der Waals surface area contributed by atoms with Crippen LogP contribution in [0.4, 0.5) is 0 Å². The van der Waals surface area contributed by atoms with Crippen LogP contribution in [-0.4, -0.2) is 23.0 Å². The minimum atomic E-state index is 0.516. The molecule has 0 aliphatic heterocycles. The lowest BCUT2D eigenvalue weighted by Gasteiger charge is -2.34. The Balaban J connectivity index is 1.94. The number of hydrogen-bond acceptors (Lipinski definition) is 2. The number of aromatic nitrogens is 1. The van der Waals surface area contributed by atoms with Crippen molar-refractivity contribution in [1.29, 1.82) is 0 Å². The summed E-state index contributed by atoms with van der Waals surface area (Å²) in [5, 5.41) is 1.22. The maximum atomic E-state index is 6.18. The van der Waals surface area contributed by atoms with E-state index < -0.39 is 0 Å². The van der Waals surface area contributed by atoms with Crippen molar-refractivity contribution in [3.8, 4) is 0 Å². The largest absolute Gasteiger partial charge is 0.298 e. The molecule has 0 atom stereocenters. The normalized spacial score (nSPS) is 23.8. The van der Waals surface area contributed by atoms with Crippen molar-refractivity contribution in [3.05, 3.63) is 28.0 Å². The summed E-state index contributed by atoms with van der Waals surface area (Å²) in [6.07, 6.45) is 6.59. The number of rotatable bonds is 4. The van der Waals surface area contributed by atoms with Gasteiger partial charge in [0.25, 0.3) is 0 Å². The molecule has 0 N–H and O–H groups in total. The molecular formula is C15H22Cl2N2. The molecule has 1 aromatic rings. The van der Waals surface area contributed by atoms with E-state index in [-0.39, 0.29) is 0 Å². The molecule has 1 saturated carbocycles. The Morgan fingerprint density at radius 3 is 2.53 bits per heavy atom. The summed E-state index contributed by atoms with van der Waals surface area (Å²) in [4.78, 5) is 6.70. The van der Waals surface area contributed by atoms with Crippen LogP contribution < -0.4 is 0 Å². The minimum absolute atomic E-state index is 0.516. The average Bonchev–Trinajstić information content (AvgIpc) is 2.43. The molecule has 19 heavy (non-hydrogen) atoms. The Morgan fingerprint density at radius 2 is 1.89 bits per heavy atom. The maximum absolute atomic E-state index is 6.18. The first-order valence-electron chi connectivity index (χ1n) is 7.11. The van der Waals surface area contributed by atoms with Gasteiger partial charge in [-0.05, 0) is 50.8 Å². The topological polar surface area (TPSA) is 16.1 Å². The van der Waals surface area contributed by atoms with Gasteiger partial charge in [-0.1, -0.05) is 36.5 Å². The van der Waals surface area contributed by atoms with Crippen LogP contribution in [0.25, 0.3) is 0 Å². The van der Waals surface area contributed by atoms with Crippen molar-refractivity contribution >= 4 is 23.2 Å². The Labute approximate surface area is 126 Å². The van der Waals surface area contributed by atoms with E-state index in [2.05, 4.69) is 23.9 Å². The fourth-order valence-corrected chi connectivity index (χ4v) is 3.26. The molecule has 0 aromatic carbocycles. The van der Waals surface area contributed by atoms with Crippen LogP contribution in [0.3, 0.4) is 0 Å². The van der Waals surface area contributed by atoms with Crippen LogP contribution >= 0.6 is 23.2 Å². The van der Waals surface area contributed by atoms with Crippen molar-refractivity contribution < 1.29 is 0 Å². The van der Waals surface area contributed by atoms with Crippen LogP contribution in [-0.2, 0) is 6.54 Å². The summed E-state index contributed by atoms with van der Waals surface area (Å²) in [5.74, 6) is 0.928. The van der Waals surface area contributed by atoms with E-state index in [4.69, 9.17) is 23.2 Å². The van der Waals surface area contributed by atoms with Crippen LogP contribution in [0.5, 0.6) is 0 Å². The van der Waals surface area contributed by atoms with Crippen molar-refractivity contribution in [2.24, 2.45) is 5.92 Å². The summed E-state index contributed by atoms with van der Waals surface area (Å²) in [5.41, 5.74) is 0.884. The van der Waals surface area contributed by atoms with Crippen LogP contribution in [0.15, 0.2) is 12.1 Å². The fourth-order valence-electron chi connectivity index (χ4n) is 2.93. The number of halogens is 2. The molecular weight excluding hydrogens is 279 g/mol.